The summed E-state index contributed by atoms with van der Waals surface area (Å²) in [5.74, 6) is 0.00552. The van der Waals surface area contributed by atoms with Gasteiger partial charge in [-0.15, -0.1) is 11.6 Å². The van der Waals surface area contributed by atoms with E-state index in [4.69, 9.17) is 11.6 Å². The van der Waals surface area contributed by atoms with Crippen LogP contribution in [0.3, 0.4) is 0 Å². The van der Waals surface area contributed by atoms with Gasteiger partial charge in [0, 0.05) is 29.1 Å². The summed E-state index contributed by atoms with van der Waals surface area (Å²) in [4.78, 5) is 14.5. The van der Waals surface area contributed by atoms with E-state index in [9.17, 15) is 10.1 Å². The van der Waals surface area contributed by atoms with Gasteiger partial charge < -0.3 is 0 Å². The van der Waals surface area contributed by atoms with E-state index in [0.717, 1.165) is 0 Å². The van der Waals surface area contributed by atoms with Gasteiger partial charge in [-0.1, -0.05) is 6.92 Å². The summed E-state index contributed by atoms with van der Waals surface area (Å²) in [5.41, 5.74) is 1.33. The van der Waals surface area contributed by atoms with E-state index in [1.807, 2.05) is 13.8 Å². The number of aryl methyl sites for hydroxylation is 1. The Morgan fingerprint density at radius 1 is 1.53 bits per heavy atom. The van der Waals surface area contributed by atoms with Crippen molar-refractivity contribution < 1.29 is 4.92 Å². The van der Waals surface area contributed by atoms with Crippen LogP contribution < -0.4 is 0 Å². The molecule has 0 aliphatic rings. The molecule has 0 N–H and O–H groups in total. The van der Waals surface area contributed by atoms with Gasteiger partial charge in [0.1, 0.15) is 0 Å². The third-order valence-corrected chi connectivity index (χ3v) is 2.83. The van der Waals surface area contributed by atoms with Gasteiger partial charge in [0.15, 0.2) is 0 Å². The largest absolute Gasteiger partial charge is 0.275 e. The van der Waals surface area contributed by atoms with E-state index in [-0.39, 0.29) is 17.0 Å². The van der Waals surface area contributed by atoms with Gasteiger partial charge >= 0.3 is 0 Å². The Bertz CT molecular complexity index is 380. The van der Waals surface area contributed by atoms with Crippen molar-refractivity contribution in [1.82, 2.24) is 4.98 Å². The Morgan fingerprint density at radius 3 is 2.60 bits per heavy atom. The normalized spacial score (nSPS) is 14.7. The second-order valence-corrected chi connectivity index (χ2v) is 4.31. The zero-order chi connectivity index (χ0) is 11.6. The fourth-order valence-corrected chi connectivity index (χ4v) is 1.34. The minimum absolute atomic E-state index is 0.00552. The lowest BCUT2D eigenvalue weighted by atomic mass is 10.0. The highest BCUT2D eigenvalue weighted by Gasteiger charge is 2.18. The van der Waals surface area contributed by atoms with Crippen molar-refractivity contribution in [2.45, 2.75) is 32.1 Å². The number of hydrogen-bond donors (Lipinski definition) is 0. The van der Waals surface area contributed by atoms with Crippen LogP contribution in [0.25, 0.3) is 0 Å². The molecule has 2 atom stereocenters. The number of alkyl halides is 1. The average molecular weight is 229 g/mol. The Balaban J connectivity index is 3.13. The van der Waals surface area contributed by atoms with Gasteiger partial charge in [-0.3, -0.25) is 15.1 Å². The lowest BCUT2D eigenvalue weighted by molar-refractivity contribution is -0.385. The molecule has 0 spiro atoms. The molecule has 5 heteroatoms. The van der Waals surface area contributed by atoms with Crippen molar-refractivity contribution >= 4 is 17.3 Å². The van der Waals surface area contributed by atoms with Crippen molar-refractivity contribution in [1.29, 1.82) is 0 Å². The van der Waals surface area contributed by atoms with E-state index in [2.05, 4.69) is 4.98 Å². The predicted molar refractivity (Wildman–Crippen MR) is 59.4 cm³/mol. The third-order valence-electron chi connectivity index (χ3n) is 2.45. The Labute approximate surface area is 93.4 Å². The number of hydrogen-bond acceptors (Lipinski definition) is 3. The Morgan fingerprint density at radius 2 is 2.13 bits per heavy atom. The van der Waals surface area contributed by atoms with Crippen LogP contribution in [0.5, 0.6) is 0 Å². The summed E-state index contributed by atoms with van der Waals surface area (Å²) in [5, 5.41) is 10.6. The lowest BCUT2D eigenvalue weighted by Crippen LogP contribution is -2.08. The van der Waals surface area contributed by atoms with E-state index >= 15 is 0 Å². The summed E-state index contributed by atoms with van der Waals surface area (Å²) in [7, 11) is 0. The fourth-order valence-electron chi connectivity index (χ4n) is 1.21. The summed E-state index contributed by atoms with van der Waals surface area (Å²) in [6.07, 6.45) is 1.52. The quantitative estimate of drug-likeness (QED) is 0.454. The highest BCUT2D eigenvalue weighted by atomic mass is 35.5. The van der Waals surface area contributed by atoms with Crippen LogP contribution >= 0.6 is 11.6 Å². The molecule has 0 aliphatic carbocycles. The molecule has 0 saturated heterocycles. The van der Waals surface area contributed by atoms with Crippen LogP contribution in [0.2, 0.25) is 0 Å². The molecule has 15 heavy (non-hydrogen) atoms. The average Bonchev–Trinajstić information content (AvgIpc) is 2.16. The third kappa shape index (κ3) is 2.65. The van der Waals surface area contributed by atoms with Gasteiger partial charge in [-0.2, -0.15) is 0 Å². The zero-order valence-electron chi connectivity index (χ0n) is 8.90. The summed E-state index contributed by atoms with van der Waals surface area (Å²) < 4.78 is 0. The number of nitrogens with zero attached hydrogens (tertiary/aromatic N) is 2. The highest BCUT2D eigenvalue weighted by molar-refractivity contribution is 6.20. The van der Waals surface area contributed by atoms with Crippen molar-refractivity contribution in [3.05, 3.63) is 33.6 Å². The number of rotatable bonds is 3. The second kappa shape index (κ2) is 4.57. The van der Waals surface area contributed by atoms with Crippen LogP contribution in [0, 0.1) is 17.0 Å². The van der Waals surface area contributed by atoms with Crippen LogP contribution in [0.1, 0.15) is 31.0 Å². The molecule has 0 fully saturated rings. The van der Waals surface area contributed by atoms with Crippen molar-refractivity contribution in [2.24, 2.45) is 0 Å². The molecular formula is C10H13ClN2O2. The fraction of sp³-hybridized carbons (Fsp3) is 0.500. The van der Waals surface area contributed by atoms with Crippen LogP contribution in [-0.4, -0.2) is 15.3 Å². The van der Waals surface area contributed by atoms with Gasteiger partial charge in [0.2, 0.25) is 0 Å². The van der Waals surface area contributed by atoms with Gasteiger partial charge in [-0.05, 0) is 13.8 Å². The maximum atomic E-state index is 10.7. The molecule has 0 radical (unpaired) electrons. The molecule has 1 rings (SSSR count). The van der Waals surface area contributed by atoms with E-state index in [1.54, 1.807) is 6.92 Å². The SMILES string of the molecule is Cc1cnc(C(C)C(C)Cl)cc1[N+](=O)[O-]. The molecule has 1 heterocycles. The number of nitro groups is 1. The first kappa shape index (κ1) is 11.9. The standard InChI is InChI=1S/C10H13ClN2O2/c1-6-5-12-9(7(2)8(3)11)4-10(6)13(14)15/h4-5,7-8H,1-3H3. The first-order chi connectivity index (χ1) is 6.93. The first-order valence-corrected chi connectivity index (χ1v) is 5.12. The molecule has 0 aromatic carbocycles. The summed E-state index contributed by atoms with van der Waals surface area (Å²) >= 11 is 5.92. The maximum Gasteiger partial charge on any atom is 0.275 e. The second-order valence-electron chi connectivity index (χ2n) is 3.62. The minimum atomic E-state index is -0.397. The number of pyridine rings is 1. The molecule has 0 amide bonds. The van der Waals surface area contributed by atoms with Gasteiger partial charge in [-0.25, -0.2) is 0 Å². The molecule has 4 nitrogen and oxygen atoms in total. The summed E-state index contributed by atoms with van der Waals surface area (Å²) in [6.45, 7) is 5.42. The topological polar surface area (TPSA) is 56.0 Å². The molecular weight excluding hydrogens is 216 g/mol. The van der Waals surface area contributed by atoms with Gasteiger partial charge in [0.05, 0.1) is 10.6 Å². The van der Waals surface area contributed by atoms with Crippen molar-refractivity contribution in [2.75, 3.05) is 0 Å². The van der Waals surface area contributed by atoms with E-state index in [1.165, 1.54) is 12.3 Å². The van der Waals surface area contributed by atoms with E-state index in [0.29, 0.717) is 11.3 Å². The van der Waals surface area contributed by atoms with Crippen molar-refractivity contribution in [3.8, 4) is 0 Å². The Hall–Kier alpha value is -1.16. The van der Waals surface area contributed by atoms with Crippen LogP contribution in [-0.2, 0) is 0 Å². The molecule has 2 unspecified atom stereocenters. The monoisotopic (exact) mass is 228 g/mol. The van der Waals surface area contributed by atoms with Gasteiger partial charge in [0.25, 0.3) is 5.69 Å². The summed E-state index contributed by atoms with van der Waals surface area (Å²) in [6, 6.07) is 1.50. The van der Waals surface area contributed by atoms with E-state index < -0.39 is 4.92 Å². The molecule has 0 bridgehead atoms. The predicted octanol–water partition coefficient (Wildman–Crippen LogP) is 3.03. The number of aromatic nitrogens is 1. The zero-order valence-corrected chi connectivity index (χ0v) is 9.65. The molecule has 82 valence electrons. The molecule has 0 saturated carbocycles. The first-order valence-electron chi connectivity index (χ1n) is 4.68. The lowest BCUT2D eigenvalue weighted by Gasteiger charge is -2.12. The smallest absolute Gasteiger partial charge is 0.260 e. The maximum absolute atomic E-state index is 10.7. The molecule has 1 aromatic rings. The molecule has 1 aromatic heterocycles. The van der Waals surface area contributed by atoms with Crippen molar-refractivity contribution in [3.63, 3.8) is 0 Å². The Kier molecular flexibility index (Phi) is 3.63. The van der Waals surface area contributed by atoms with Crippen LogP contribution in [0.4, 0.5) is 5.69 Å². The highest BCUT2D eigenvalue weighted by Crippen LogP contribution is 2.25. The number of halogens is 1. The molecule has 0 aliphatic heterocycles. The van der Waals surface area contributed by atoms with Crippen LogP contribution in [0.15, 0.2) is 12.3 Å². The minimum Gasteiger partial charge on any atom is -0.260 e.